The minimum absolute atomic E-state index is 0.175. The summed E-state index contributed by atoms with van der Waals surface area (Å²) in [6.07, 6.45) is 3.79. The highest BCUT2D eigenvalue weighted by Crippen LogP contribution is 2.17. The van der Waals surface area contributed by atoms with Gasteiger partial charge in [0.05, 0.1) is 23.3 Å². The average Bonchev–Trinajstić information content (AvgIpc) is 3.05. The number of carbonyl (C=O) groups excluding carboxylic acids is 1. The molecule has 23 heavy (non-hydrogen) atoms. The molecule has 5 heteroatoms. The van der Waals surface area contributed by atoms with Gasteiger partial charge in [-0.05, 0) is 17.7 Å². The van der Waals surface area contributed by atoms with Crippen LogP contribution in [0.25, 0.3) is 11.1 Å². The summed E-state index contributed by atoms with van der Waals surface area (Å²) in [5, 5.41) is 7.63. The number of rotatable bonds is 5. The number of halogens is 1. The highest BCUT2D eigenvalue weighted by atomic mass is 35.5. The molecule has 0 aliphatic carbocycles. The Morgan fingerprint density at radius 2 is 1.78 bits per heavy atom. The third-order valence-electron chi connectivity index (χ3n) is 3.49. The first-order chi connectivity index (χ1) is 11.2. The molecule has 3 aromatic rings. The molecule has 0 unspecified atom stereocenters. The zero-order chi connectivity index (χ0) is 16.1. The van der Waals surface area contributed by atoms with E-state index in [-0.39, 0.29) is 5.91 Å². The van der Waals surface area contributed by atoms with Gasteiger partial charge in [0.2, 0.25) is 0 Å². The predicted molar refractivity (Wildman–Crippen MR) is 91.4 cm³/mol. The number of aromatic nitrogens is 2. The molecule has 4 nitrogen and oxygen atoms in total. The van der Waals surface area contributed by atoms with E-state index in [1.807, 2.05) is 47.4 Å². The summed E-state index contributed by atoms with van der Waals surface area (Å²) in [5.74, 6) is -0.175. The van der Waals surface area contributed by atoms with E-state index in [0.717, 1.165) is 11.1 Å². The topological polar surface area (TPSA) is 46.9 Å². The standard InChI is InChI=1S/C18H16ClN3O/c19-17-9-5-4-8-16(17)18(23)20-10-11-22-13-15(12-21-22)14-6-2-1-3-7-14/h1-9,12-13H,10-11H2,(H,20,23). The van der Waals surface area contributed by atoms with Crippen LogP contribution in [0.15, 0.2) is 67.0 Å². The van der Waals surface area contributed by atoms with E-state index in [0.29, 0.717) is 23.7 Å². The Balaban J connectivity index is 1.56. The molecule has 2 aromatic carbocycles. The van der Waals surface area contributed by atoms with Crippen LogP contribution in [-0.2, 0) is 6.54 Å². The van der Waals surface area contributed by atoms with Crippen molar-refractivity contribution in [2.75, 3.05) is 6.54 Å². The number of amides is 1. The Morgan fingerprint density at radius 1 is 1.04 bits per heavy atom. The second-order valence-electron chi connectivity index (χ2n) is 5.09. The lowest BCUT2D eigenvalue weighted by molar-refractivity contribution is 0.0952. The molecule has 0 atom stereocenters. The van der Waals surface area contributed by atoms with Crippen LogP contribution in [0.5, 0.6) is 0 Å². The Hall–Kier alpha value is -2.59. The molecular formula is C18H16ClN3O. The third-order valence-corrected chi connectivity index (χ3v) is 3.81. The molecule has 0 aliphatic heterocycles. The zero-order valence-corrected chi connectivity index (χ0v) is 13.2. The van der Waals surface area contributed by atoms with Gasteiger partial charge in [0.1, 0.15) is 0 Å². The number of carbonyl (C=O) groups is 1. The molecule has 1 amide bonds. The van der Waals surface area contributed by atoms with Gasteiger partial charge in [-0.1, -0.05) is 54.1 Å². The molecule has 0 spiro atoms. The largest absolute Gasteiger partial charge is 0.350 e. The molecule has 1 aromatic heterocycles. The van der Waals surface area contributed by atoms with Crippen molar-refractivity contribution in [3.63, 3.8) is 0 Å². The maximum Gasteiger partial charge on any atom is 0.252 e. The van der Waals surface area contributed by atoms with Gasteiger partial charge in [-0.15, -0.1) is 0 Å². The molecular weight excluding hydrogens is 310 g/mol. The van der Waals surface area contributed by atoms with Gasteiger partial charge in [0.15, 0.2) is 0 Å². The molecule has 1 N–H and O–H groups in total. The van der Waals surface area contributed by atoms with Crippen LogP contribution in [0.3, 0.4) is 0 Å². The molecule has 0 aliphatic rings. The van der Waals surface area contributed by atoms with Crippen molar-refractivity contribution in [1.82, 2.24) is 15.1 Å². The fourth-order valence-electron chi connectivity index (χ4n) is 2.29. The lowest BCUT2D eigenvalue weighted by Gasteiger charge is -2.06. The second-order valence-corrected chi connectivity index (χ2v) is 5.50. The minimum Gasteiger partial charge on any atom is -0.350 e. The maximum absolute atomic E-state index is 12.1. The van der Waals surface area contributed by atoms with Crippen LogP contribution >= 0.6 is 11.6 Å². The monoisotopic (exact) mass is 325 g/mol. The first kappa shape index (κ1) is 15.3. The molecule has 3 rings (SSSR count). The highest BCUT2D eigenvalue weighted by molar-refractivity contribution is 6.33. The van der Waals surface area contributed by atoms with Crippen molar-refractivity contribution in [2.24, 2.45) is 0 Å². The van der Waals surface area contributed by atoms with Crippen molar-refractivity contribution in [2.45, 2.75) is 6.54 Å². The second kappa shape index (κ2) is 7.11. The normalized spacial score (nSPS) is 10.5. The number of nitrogens with zero attached hydrogens (tertiary/aromatic N) is 2. The molecule has 0 bridgehead atoms. The van der Waals surface area contributed by atoms with E-state index < -0.39 is 0 Å². The van der Waals surface area contributed by atoms with Crippen molar-refractivity contribution < 1.29 is 4.79 Å². The van der Waals surface area contributed by atoms with E-state index in [1.165, 1.54) is 0 Å². The summed E-state index contributed by atoms with van der Waals surface area (Å²) >= 11 is 6.01. The number of nitrogens with one attached hydrogen (secondary N) is 1. The number of hydrogen-bond acceptors (Lipinski definition) is 2. The summed E-state index contributed by atoms with van der Waals surface area (Å²) in [4.78, 5) is 12.1. The average molecular weight is 326 g/mol. The van der Waals surface area contributed by atoms with Crippen LogP contribution in [0.4, 0.5) is 0 Å². The smallest absolute Gasteiger partial charge is 0.252 e. The molecule has 0 saturated heterocycles. The summed E-state index contributed by atoms with van der Waals surface area (Å²) in [7, 11) is 0. The minimum atomic E-state index is -0.175. The summed E-state index contributed by atoms with van der Waals surface area (Å²) < 4.78 is 1.81. The quantitative estimate of drug-likeness (QED) is 0.778. The molecule has 116 valence electrons. The van der Waals surface area contributed by atoms with E-state index in [2.05, 4.69) is 10.4 Å². The zero-order valence-electron chi connectivity index (χ0n) is 12.4. The van der Waals surface area contributed by atoms with E-state index in [4.69, 9.17) is 11.6 Å². The van der Waals surface area contributed by atoms with Crippen LogP contribution in [-0.4, -0.2) is 22.2 Å². The van der Waals surface area contributed by atoms with Crippen LogP contribution in [0, 0.1) is 0 Å². The lowest BCUT2D eigenvalue weighted by atomic mass is 10.1. The van der Waals surface area contributed by atoms with Crippen molar-refractivity contribution in [3.05, 3.63) is 77.6 Å². The molecule has 0 radical (unpaired) electrons. The summed E-state index contributed by atoms with van der Waals surface area (Å²) in [6, 6.07) is 17.1. The van der Waals surface area contributed by atoms with Crippen molar-refractivity contribution in [1.29, 1.82) is 0 Å². The number of hydrogen-bond donors (Lipinski definition) is 1. The maximum atomic E-state index is 12.1. The van der Waals surface area contributed by atoms with Gasteiger partial charge in [-0.25, -0.2) is 0 Å². The van der Waals surface area contributed by atoms with Gasteiger partial charge in [0.25, 0.3) is 5.91 Å². The molecule has 0 saturated carbocycles. The van der Waals surface area contributed by atoms with Crippen LogP contribution < -0.4 is 5.32 Å². The molecule has 1 heterocycles. The van der Waals surface area contributed by atoms with Crippen molar-refractivity contribution >= 4 is 17.5 Å². The SMILES string of the molecule is O=C(NCCn1cc(-c2ccccc2)cn1)c1ccccc1Cl. The van der Waals surface area contributed by atoms with E-state index in [9.17, 15) is 4.79 Å². The van der Waals surface area contributed by atoms with Gasteiger partial charge in [0, 0.05) is 18.3 Å². The van der Waals surface area contributed by atoms with Gasteiger partial charge in [-0.3, -0.25) is 9.48 Å². The Labute approximate surface area is 139 Å². The Kier molecular flexibility index (Phi) is 4.74. The van der Waals surface area contributed by atoms with Gasteiger partial charge in [-0.2, -0.15) is 5.10 Å². The summed E-state index contributed by atoms with van der Waals surface area (Å²) in [5.41, 5.74) is 2.67. The van der Waals surface area contributed by atoms with Gasteiger partial charge >= 0.3 is 0 Å². The predicted octanol–water partition coefficient (Wildman–Crippen LogP) is 3.63. The lowest BCUT2D eigenvalue weighted by Crippen LogP contribution is -2.27. The fourth-order valence-corrected chi connectivity index (χ4v) is 2.51. The van der Waals surface area contributed by atoms with Crippen LogP contribution in [0.2, 0.25) is 5.02 Å². The van der Waals surface area contributed by atoms with Crippen LogP contribution in [0.1, 0.15) is 10.4 Å². The third kappa shape index (κ3) is 3.79. The van der Waals surface area contributed by atoms with E-state index >= 15 is 0 Å². The highest BCUT2D eigenvalue weighted by Gasteiger charge is 2.08. The van der Waals surface area contributed by atoms with E-state index in [1.54, 1.807) is 24.3 Å². The molecule has 0 fully saturated rings. The summed E-state index contributed by atoms with van der Waals surface area (Å²) in [6.45, 7) is 1.09. The first-order valence-corrected chi connectivity index (χ1v) is 7.72. The first-order valence-electron chi connectivity index (χ1n) is 7.34. The van der Waals surface area contributed by atoms with Gasteiger partial charge < -0.3 is 5.32 Å². The Morgan fingerprint density at radius 3 is 2.57 bits per heavy atom. The van der Waals surface area contributed by atoms with Crippen molar-refractivity contribution in [3.8, 4) is 11.1 Å². The Bertz CT molecular complexity index is 799. The fraction of sp³-hybridized carbons (Fsp3) is 0.111. The number of benzene rings is 2.